The summed E-state index contributed by atoms with van der Waals surface area (Å²) in [5.74, 6) is -0.991. The number of carbonyl (C=O) groups is 4. The van der Waals surface area contributed by atoms with E-state index < -0.39 is 11.9 Å². The molecule has 1 unspecified atom stereocenters. The second kappa shape index (κ2) is 5.40. The molecule has 7 nitrogen and oxygen atoms in total. The van der Waals surface area contributed by atoms with Gasteiger partial charge < -0.3 is 10.2 Å². The summed E-state index contributed by atoms with van der Waals surface area (Å²) in [5, 5.41) is 5.16. The predicted molar refractivity (Wildman–Crippen MR) is 88.5 cm³/mol. The van der Waals surface area contributed by atoms with Crippen molar-refractivity contribution in [1.29, 1.82) is 0 Å². The first-order chi connectivity index (χ1) is 11.9. The highest BCUT2D eigenvalue weighted by molar-refractivity contribution is 6.06. The van der Waals surface area contributed by atoms with Gasteiger partial charge in [-0.15, -0.1) is 0 Å². The van der Waals surface area contributed by atoms with Crippen molar-refractivity contribution in [2.45, 2.75) is 45.2 Å². The highest BCUT2D eigenvalue weighted by Crippen LogP contribution is 2.45. The van der Waals surface area contributed by atoms with E-state index in [0.29, 0.717) is 24.2 Å². The van der Waals surface area contributed by atoms with Gasteiger partial charge in [-0.3, -0.25) is 24.5 Å². The second-order valence-electron chi connectivity index (χ2n) is 7.29. The van der Waals surface area contributed by atoms with E-state index in [1.165, 1.54) is 4.90 Å². The zero-order valence-electron chi connectivity index (χ0n) is 13.9. The summed E-state index contributed by atoms with van der Waals surface area (Å²) >= 11 is 0. The molecule has 2 aliphatic heterocycles. The van der Waals surface area contributed by atoms with E-state index >= 15 is 0 Å². The van der Waals surface area contributed by atoms with Crippen molar-refractivity contribution in [3.8, 4) is 0 Å². The zero-order chi connectivity index (χ0) is 17.8. The molecule has 1 aromatic rings. The van der Waals surface area contributed by atoms with Crippen LogP contribution >= 0.6 is 0 Å². The van der Waals surface area contributed by atoms with Crippen molar-refractivity contribution >= 4 is 29.3 Å². The fourth-order valence-corrected chi connectivity index (χ4v) is 3.33. The van der Waals surface area contributed by atoms with Crippen LogP contribution in [-0.4, -0.2) is 34.6 Å². The molecule has 0 aromatic heterocycles. The number of rotatable bonds is 3. The van der Waals surface area contributed by atoms with Crippen LogP contribution < -0.4 is 10.6 Å². The number of benzene rings is 1. The maximum absolute atomic E-state index is 12.7. The predicted octanol–water partition coefficient (Wildman–Crippen LogP) is 1.19. The Balaban J connectivity index is 1.52. The monoisotopic (exact) mass is 341 g/mol. The Labute approximate surface area is 144 Å². The summed E-state index contributed by atoms with van der Waals surface area (Å²) in [6.45, 7) is 2.26. The summed E-state index contributed by atoms with van der Waals surface area (Å²) in [6.07, 6.45) is 2.33. The second-order valence-corrected chi connectivity index (χ2v) is 7.29. The van der Waals surface area contributed by atoms with Crippen LogP contribution in [0.3, 0.4) is 0 Å². The smallest absolute Gasteiger partial charge is 0.255 e. The van der Waals surface area contributed by atoms with Gasteiger partial charge in [-0.05, 0) is 37.0 Å². The highest BCUT2D eigenvalue weighted by Gasteiger charge is 2.45. The number of amides is 4. The molecule has 25 heavy (non-hydrogen) atoms. The lowest BCUT2D eigenvalue weighted by Gasteiger charge is -2.29. The lowest BCUT2D eigenvalue weighted by Crippen LogP contribution is -2.52. The highest BCUT2D eigenvalue weighted by atomic mass is 16.2. The number of nitrogens with zero attached hydrogens (tertiary/aromatic N) is 1. The van der Waals surface area contributed by atoms with Gasteiger partial charge in [-0.2, -0.15) is 0 Å². The molecule has 4 amide bonds. The van der Waals surface area contributed by atoms with Gasteiger partial charge in [0.15, 0.2) is 0 Å². The first kappa shape index (κ1) is 15.8. The number of carbonyl (C=O) groups excluding carboxylic acids is 4. The fraction of sp³-hybridized carbons (Fsp3) is 0.444. The van der Waals surface area contributed by atoms with Crippen molar-refractivity contribution in [2.75, 3.05) is 5.32 Å². The van der Waals surface area contributed by atoms with Gasteiger partial charge in [0.25, 0.3) is 5.91 Å². The Morgan fingerprint density at radius 3 is 2.72 bits per heavy atom. The largest absolute Gasteiger partial charge is 0.326 e. The number of piperidine rings is 1. The third kappa shape index (κ3) is 2.69. The maximum Gasteiger partial charge on any atom is 0.255 e. The van der Waals surface area contributed by atoms with Crippen molar-refractivity contribution < 1.29 is 19.2 Å². The van der Waals surface area contributed by atoms with E-state index in [2.05, 4.69) is 10.6 Å². The minimum Gasteiger partial charge on any atom is -0.326 e. The third-order valence-electron chi connectivity index (χ3n) is 5.33. The van der Waals surface area contributed by atoms with Gasteiger partial charge in [-0.25, -0.2) is 0 Å². The van der Waals surface area contributed by atoms with Crippen LogP contribution in [0, 0.1) is 5.41 Å². The van der Waals surface area contributed by atoms with Gasteiger partial charge in [0, 0.05) is 29.6 Å². The maximum atomic E-state index is 12.7. The number of hydrogen-bond acceptors (Lipinski definition) is 4. The molecule has 1 saturated heterocycles. The van der Waals surface area contributed by atoms with Crippen molar-refractivity contribution in [3.05, 3.63) is 29.3 Å². The summed E-state index contributed by atoms with van der Waals surface area (Å²) in [6, 6.07) is 4.64. The molecule has 1 aromatic carbocycles. The molecule has 4 rings (SSSR count). The van der Waals surface area contributed by atoms with Crippen LogP contribution in [0.4, 0.5) is 5.69 Å². The Morgan fingerprint density at radius 1 is 1.28 bits per heavy atom. The molecule has 0 spiro atoms. The molecule has 2 fully saturated rings. The average Bonchev–Trinajstić information content (AvgIpc) is 3.25. The van der Waals surface area contributed by atoms with Gasteiger partial charge in [0.1, 0.15) is 6.04 Å². The van der Waals surface area contributed by atoms with Gasteiger partial charge in [-0.1, -0.05) is 13.0 Å². The quantitative estimate of drug-likeness (QED) is 0.807. The number of imide groups is 1. The first-order valence-corrected chi connectivity index (χ1v) is 8.46. The molecule has 1 aliphatic carbocycles. The molecule has 2 heterocycles. The standard InChI is InChI=1S/C18H19N3O4/c1-18(6-7-18)17(25)19-11-3-2-10-9-21(16(24)12(10)8-11)13-4-5-14(22)20-15(13)23/h2-3,8,13H,4-7,9H2,1H3,(H,19,25)(H,20,22,23). The molecule has 0 radical (unpaired) electrons. The lowest BCUT2D eigenvalue weighted by molar-refractivity contribution is -0.137. The molecule has 2 N–H and O–H groups in total. The number of anilines is 1. The van der Waals surface area contributed by atoms with E-state index in [1.807, 2.05) is 13.0 Å². The van der Waals surface area contributed by atoms with E-state index in [-0.39, 0.29) is 29.6 Å². The lowest BCUT2D eigenvalue weighted by atomic mass is 10.0. The van der Waals surface area contributed by atoms with Crippen molar-refractivity contribution in [1.82, 2.24) is 10.2 Å². The number of fused-ring (bicyclic) bond motifs is 1. The molecule has 1 atom stereocenters. The Morgan fingerprint density at radius 2 is 2.04 bits per heavy atom. The van der Waals surface area contributed by atoms with E-state index in [4.69, 9.17) is 0 Å². The van der Waals surface area contributed by atoms with Crippen molar-refractivity contribution in [3.63, 3.8) is 0 Å². The molecule has 7 heteroatoms. The Hall–Kier alpha value is -2.70. The fourth-order valence-electron chi connectivity index (χ4n) is 3.33. The van der Waals surface area contributed by atoms with E-state index in [1.54, 1.807) is 12.1 Å². The molecule has 3 aliphatic rings. The van der Waals surface area contributed by atoms with Crippen LogP contribution in [0.2, 0.25) is 0 Å². The number of nitrogens with one attached hydrogen (secondary N) is 2. The summed E-state index contributed by atoms with van der Waals surface area (Å²) in [4.78, 5) is 49.7. The Bertz CT molecular complexity index is 813. The van der Waals surface area contributed by atoms with Crippen LogP contribution in [0.1, 0.15) is 48.5 Å². The van der Waals surface area contributed by atoms with Crippen LogP contribution in [0.25, 0.3) is 0 Å². The molecular weight excluding hydrogens is 322 g/mol. The van der Waals surface area contributed by atoms with Crippen LogP contribution in [0.5, 0.6) is 0 Å². The minimum absolute atomic E-state index is 0.0278. The normalized spacial score (nSPS) is 24.0. The first-order valence-electron chi connectivity index (χ1n) is 8.46. The van der Waals surface area contributed by atoms with Crippen molar-refractivity contribution in [2.24, 2.45) is 5.41 Å². The van der Waals surface area contributed by atoms with Gasteiger partial charge in [0.2, 0.25) is 17.7 Å². The molecular formula is C18H19N3O4. The zero-order valence-corrected chi connectivity index (χ0v) is 13.9. The minimum atomic E-state index is -0.624. The molecule has 1 saturated carbocycles. The van der Waals surface area contributed by atoms with Crippen LogP contribution in [-0.2, 0) is 20.9 Å². The average molecular weight is 341 g/mol. The Kier molecular flexibility index (Phi) is 3.42. The van der Waals surface area contributed by atoms with Crippen LogP contribution in [0.15, 0.2) is 18.2 Å². The third-order valence-corrected chi connectivity index (χ3v) is 5.33. The van der Waals surface area contributed by atoms with E-state index in [9.17, 15) is 19.2 Å². The SMILES string of the molecule is CC1(C(=O)Nc2ccc3c(c2)C(=O)N(C2CCC(=O)NC2=O)C3)CC1. The summed E-state index contributed by atoms with van der Waals surface area (Å²) < 4.78 is 0. The number of hydrogen-bond donors (Lipinski definition) is 2. The topological polar surface area (TPSA) is 95.6 Å². The molecule has 130 valence electrons. The summed E-state index contributed by atoms with van der Waals surface area (Å²) in [7, 11) is 0. The van der Waals surface area contributed by atoms with E-state index in [0.717, 1.165) is 18.4 Å². The van der Waals surface area contributed by atoms with Gasteiger partial charge in [0.05, 0.1) is 0 Å². The molecule has 0 bridgehead atoms. The summed E-state index contributed by atoms with van der Waals surface area (Å²) in [5.41, 5.74) is 1.63. The van der Waals surface area contributed by atoms with Gasteiger partial charge >= 0.3 is 0 Å².